The van der Waals surface area contributed by atoms with E-state index in [0.717, 1.165) is 14.6 Å². The third kappa shape index (κ3) is 3.54. The van der Waals surface area contributed by atoms with Gasteiger partial charge in [-0.3, -0.25) is 9.59 Å². The van der Waals surface area contributed by atoms with Crippen molar-refractivity contribution in [3.63, 3.8) is 0 Å². The van der Waals surface area contributed by atoms with Crippen LogP contribution in [0.2, 0.25) is 0 Å². The van der Waals surface area contributed by atoms with Gasteiger partial charge in [-0.15, -0.1) is 22.7 Å². The van der Waals surface area contributed by atoms with E-state index in [1.165, 1.54) is 27.4 Å². The second kappa shape index (κ2) is 7.53. The summed E-state index contributed by atoms with van der Waals surface area (Å²) in [5.74, 6) is 0.351. The average Bonchev–Trinajstić information content (AvgIpc) is 3.34. The number of rotatable bonds is 5. The predicted molar refractivity (Wildman–Crippen MR) is 111 cm³/mol. The molecule has 0 atom stereocenters. The van der Waals surface area contributed by atoms with E-state index in [1.807, 2.05) is 24.4 Å². The topological polar surface area (TPSA) is 86.1 Å². The molecule has 0 unspecified atom stereocenters. The van der Waals surface area contributed by atoms with Gasteiger partial charge >= 0.3 is 0 Å². The third-order valence-electron chi connectivity index (χ3n) is 4.03. The van der Waals surface area contributed by atoms with Crippen molar-refractivity contribution in [3.05, 3.63) is 57.1 Å². The second-order valence-corrected chi connectivity index (χ2v) is 8.13. The molecule has 3 aromatic heterocycles. The SMILES string of the molecule is COc1ccc(NC(=O)Cn2nc(-c3cccs3)c3sc(C)nc3c2=O)cc1. The lowest BCUT2D eigenvalue weighted by molar-refractivity contribution is -0.117. The number of carbonyl (C=O) groups excluding carboxylic acids is 1. The molecule has 28 heavy (non-hydrogen) atoms. The van der Waals surface area contributed by atoms with Crippen LogP contribution in [0.15, 0.2) is 46.6 Å². The molecule has 7 nitrogen and oxygen atoms in total. The minimum atomic E-state index is -0.371. The summed E-state index contributed by atoms with van der Waals surface area (Å²) in [4.78, 5) is 30.5. The number of nitrogens with zero attached hydrogens (tertiary/aromatic N) is 3. The van der Waals surface area contributed by atoms with E-state index in [-0.39, 0.29) is 18.0 Å². The number of hydrogen-bond acceptors (Lipinski definition) is 7. The van der Waals surface area contributed by atoms with Crippen molar-refractivity contribution < 1.29 is 9.53 Å². The molecule has 0 radical (unpaired) electrons. The number of anilines is 1. The summed E-state index contributed by atoms with van der Waals surface area (Å²) in [6.45, 7) is 1.65. The number of nitrogens with one attached hydrogen (secondary N) is 1. The van der Waals surface area contributed by atoms with E-state index in [4.69, 9.17) is 4.74 Å². The number of aromatic nitrogens is 3. The maximum Gasteiger partial charge on any atom is 0.294 e. The fourth-order valence-electron chi connectivity index (χ4n) is 2.76. The lowest BCUT2D eigenvalue weighted by atomic mass is 10.3. The fraction of sp³-hybridized carbons (Fsp3) is 0.158. The smallest absolute Gasteiger partial charge is 0.294 e. The Kier molecular flexibility index (Phi) is 4.93. The highest BCUT2D eigenvalue weighted by molar-refractivity contribution is 7.20. The van der Waals surface area contributed by atoms with Gasteiger partial charge in [-0.1, -0.05) is 6.07 Å². The van der Waals surface area contributed by atoms with Gasteiger partial charge in [-0.25, -0.2) is 9.67 Å². The highest BCUT2D eigenvalue weighted by Crippen LogP contribution is 2.31. The van der Waals surface area contributed by atoms with E-state index >= 15 is 0 Å². The van der Waals surface area contributed by atoms with Gasteiger partial charge in [-0.2, -0.15) is 5.10 Å². The standard InChI is InChI=1S/C19H16N4O3S2/c1-11-20-17-18(28-11)16(14-4-3-9-27-14)22-23(19(17)25)10-15(24)21-12-5-7-13(26-2)8-6-12/h3-9H,10H2,1-2H3,(H,21,24). The number of aryl methyl sites for hydroxylation is 1. The van der Waals surface area contributed by atoms with Crippen molar-refractivity contribution >= 4 is 44.5 Å². The molecule has 0 spiro atoms. The first-order valence-corrected chi connectivity index (χ1v) is 10.1. The average molecular weight is 412 g/mol. The Morgan fingerprint density at radius 3 is 2.71 bits per heavy atom. The molecule has 0 saturated heterocycles. The zero-order valence-corrected chi connectivity index (χ0v) is 16.8. The van der Waals surface area contributed by atoms with E-state index in [1.54, 1.807) is 31.4 Å². The van der Waals surface area contributed by atoms with Crippen LogP contribution in [-0.4, -0.2) is 27.8 Å². The number of hydrogen-bond donors (Lipinski definition) is 1. The molecule has 142 valence electrons. The van der Waals surface area contributed by atoms with Crippen molar-refractivity contribution in [1.29, 1.82) is 0 Å². The first-order valence-electron chi connectivity index (χ1n) is 8.41. The largest absolute Gasteiger partial charge is 0.497 e. The lowest BCUT2D eigenvalue weighted by Gasteiger charge is -2.09. The molecule has 0 aliphatic carbocycles. The molecule has 0 bridgehead atoms. The van der Waals surface area contributed by atoms with Gasteiger partial charge in [0.05, 0.1) is 21.7 Å². The zero-order chi connectivity index (χ0) is 19.7. The molecular formula is C19H16N4O3S2. The first-order chi connectivity index (χ1) is 13.5. The Balaban J connectivity index is 1.67. The summed E-state index contributed by atoms with van der Waals surface area (Å²) in [5, 5.41) is 9.97. The Morgan fingerprint density at radius 1 is 1.25 bits per heavy atom. The van der Waals surface area contributed by atoms with Gasteiger partial charge in [0.25, 0.3) is 5.56 Å². The van der Waals surface area contributed by atoms with Crippen LogP contribution in [0.4, 0.5) is 5.69 Å². The Labute approximate surface area is 168 Å². The lowest BCUT2D eigenvalue weighted by Crippen LogP contribution is -2.30. The number of methoxy groups -OCH3 is 1. The minimum absolute atomic E-state index is 0.199. The maximum atomic E-state index is 12.8. The Morgan fingerprint density at radius 2 is 2.04 bits per heavy atom. The molecule has 4 rings (SSSR count). The van der Waals surface area contributed by atoms with Crippen molar-refractivity contribution in [3.8, 4) is 16.3 Å². The normalized spacial score (nSPS) is 10.9. The summed E-state index contributed by atoms with van der Waals surface area (Å²) < 4.78 is 7.03. The van der Waals surface area contributed by atoms with Crippen molar-refractivity contribution in [2.45, 2.75) is 13.5 Å². The zero-order valence-electron chi connectivity index (χ0n) is 15.1. The van der Waals surface area contributed by atoms with Crippen LogP contribution in [0.5, 0.6) is 5.75 Å². The highest BCUT2D eigenvalue weighted by Gasteiger charge is 2.18. The van der Waals surface area contributed by atoms with E-state index in [0.29, 0.717) is 22.6 Å². The molecule has 1 amide bonds. The van der Waals surface area contributed by atoms with Crippen LogP contribution in [0.1, 0.15) is 5.01 Å². The summed E-state index contributed by atoms with van der Waals surface area (Å²) in [6, 6.07) is 10.8. The number of thiophene rings is 1. The van der Waals surface area contributed by atoms with Crippen LogP contribution < -0.4 is 15.6 Å². The van der Waals surface area contributed by atoms with E-state index in [9.17, 15) is 9.59 Å². The summed E-state index contributed by atoms with van der Waals surface area (Å²) >= 11 is 2.96. The number of thiazole rings is 1. The molecule has 4 aromatic rings. The van der Waals surface area contributed by atoms with Crippen LogP contribution in [0, 0.1) is 6.92 Å². The molecule has 9 heteroatoms. The number of ether oxygens (including phenoxy) is 1. The first kappa shape index (κ1) is 18.3. The van der Waals surface area contributed by atoms with Gasteiger partial charge in [0, 0.05) is 5.69 Å². The summed E-state index contributed by atoms with van der Waals surface area (Å²) in [5.41, 5.74) is 1.26. The molecule has 1 N–H and O–H groups in total. The molecule has 0 aliphatic heterocycles. The second-order valence-electron chi connectivity index (χ2n) is 5.98. The molecule has 3 heterocycles. The predicted octanol–water partition coefficient (Wildman–Crippen LogP) is 3.54. The number of carbonyl (C=O) groups is 1. The minimum Gasteiger partial charge on any atom is -0.497 e. The highest BCUT2D eigenvalue weighted by atomic mass is 32.1. The van der Waals surface area contributed by atoms with Gasteiger partial charge in [0.2, 0.25) is 5.91 Å². The molecule has 1 aromatic carbocycles. The number of fused-ring (bicyclic) bond motifs is 1. The molecule has 0 fully saturated rings. The van der Waals surface area contributed by atoms with Crippen LogP contribution in [0.25, 0.3) is 20.8 Å². The van der Waals surface area contributed by atoms with Crippen LogP contribution in [-0.2, 0) is 11.3 Å². The summed E-state index contributed by atoms with van der Waals surface area (Å²) in [6.07, 6.45) is 0. The van der Waals surface area contributed by atoms with E-state index < -0.39 is 0 Å². The third-order valence-corrected chi connectivity index (χ3v) is 5.88. The van der Waals surface area contributed by atoms with Gasteiger partial charge < -0.3 is 10.1 Å². The van der Waals surface area contributed by atoms with Gasteiger partial charge in [0.15, 0.2) is 5.52 Å². The number of amides is 1. The van der Waals surface area contributed by atoms with Crippen molar-refractivity contribution in [2.24, 2.45) is 0 Å². The van der Waals surface area contributed by atoms with Crippen molar-refractivity contribution in [1.82, 2.24) is 14.8 Å². The number of benzene rings is 1. The van der Waals surface area contributed by atoms with Crippen molar-refractivity contribution in [2.75, 3.05) is 12.4 Å². The quantitative estimate of drug-likeness (QED) is 0.542. The molecular weight excluding hydrogens is 396 g/mol. The van der Waals surface area contributed by atoms with Crippen LogP contribution in [0.3, 0.4) is 0 Å². The van der Waals surface area contributed by atoms with Gasteiger partial charge in [0.1, 0.15) is 18.0 Å². The Hall–Kier alpha value is -3.04. The van der Waals surface area contributed by atoms with Crippen LogP contribution >= 0.6 is 22.7 Å². The summed E-state index contributed by atoms with van der Waals surface area (Å²) in [7, 11) is 1.58. The molecule has 0 aliphatic rings. The monoisotopic (exact) mass is 412 g/mol. The molecule has 0 saturated carbocycles. The Bertz CT molecular complexity index is 1190. The fourth-order valence-corrected chi connectivity index (χ4v) is 4.45. The van der Waals surface area contributed by atoms with Gasteiger partial charge in [-0.05, 0) is 42.6 Å². The van der Waals surface area contributed by atoms with E-state index in [2.05, 4.69) is 15.4 Å². The maximum absolute atomic E-state index is 12.8.